The fourth-order valence-electron chi connectivity index (χ4n) is 4.04. The van der Waals surface area contributed by atoms with Gasteiger partial charge >= 0.3 is 0 Å². The third kappa shape index (κ3) is 6.29. The summed E-state index contributed by atoms with van der Waals surface area (Å²) in [5.41, 5.74) is 11.1. The first-order chi connectivity index (χ1) is 16.0. The maximum Gasteiger partial charge on any atom is 0.248 e. The maximum absolute atomic E-state index is 11.3. The lowest BCUT2D eigenvalue weighted by molar-refractivity contribution is 0.100. The first kappa shape index (κ1) is 24.7. The average Bonchev–Trinajstić information content (AvgIpc) is 2.83. The molecule has 174 valence electrons. The van der Waals surface area contributed by atoms with E-state index in [-0.39, 0.29) is 0 Å². The van der Waals surface area contributed by atoms with Crippen molar-refractivity contribution in [3.8, 4) is 11.5 Å². The number of hydrogen-bond donors (Lipinski definition) is 1. The Labute approximate surface area is 202 Å². The van der Waals surface area contributed by atoms with Crippen LogP contribution < -0.4 is 15.4 Å². The molecule has 0 bridgehead atoms. The number of benzene rings is 3. The Kier molecular flexibility index (Phi) is 8.79. The lowest BCUT2D eigenvalue weighted by Crippen LogP contribution is -2.23. The molecule has 0 spiro atoms. The summed E-state index contributed by atoms with van der Waals surface area (Å²) in [4.78, 5) is 13.7. The van der Waals surface area contributed by atoms with Gasteiger partial charge in [-0.15, -0.1) is 0 Å². The van der Waals surface area contributed by atoms with Crippen molar-refractivity contribution in [3.63, 3.8) is 0 Å². The molecule has 0 fully saturated rings. The molecule has 5 heteroatoms. The predicted octanol–water partition coefficient (Wildman–Crippen LogP) is 7.16. The van der Waals surface area contributed by atoms with Crippen LogP contribution in [0.3, 0.4) is 0 Å². The van der Waals surface area contributed by atoms with Crippen molar-refractivity contribution in [2.24, 2.45) is 5.73 Å². The summed E-state index contributed by atoms with van der Waals surface area (Å²) in [5.74, 6) is 0.655. The van der Waals surface area contributed by atoms with Crippen LogP contribution in [0.1, 0.15) is 60.7 Å². The van der Waals surface area contributed by atoms with Gasteiger partial charge in [-0.3, -0.25) is 4.79 Å². The molecule has 0 radical (unpaired) electrons. The highest BCUT2D eigenvalue weighted by molar-refractivity contribution is 6.32. The van der Waals surface area contributed by atoms with Crippen LogP contribution in [0.5, 0.6) is 11.5 Å². The SMILES string of the molecule is CCCCc1cccc(N(CC)Cc2ccc(Oc3ccc(C(N)=O)cc3Cl)cc2)c1CC. The van der Waals surface area contributed by atoms with Gasteiger partial charge in [-0.2, -0.15) is 0 Å². The van der Waals surface area contributed by atoms with Crippen LogP contribution in [-0.4, -0.2) is 12.5 Å². The van der Waals surface area contributed by atoms with Crippen LogP contribution in [0.25, 0.3) is 0 Å². The number of halogens is 1. The van der Waals surface area contributed by atoms with E-state index in [1.54, 1.807) is 12.1 Å². The Morgan fingerprint density at radius 2 is 1.79 bits per heavy atom. The number of carbonyl (C=O) groups is 1. The van der Waals surface area contributed by atoms with Crippen LogP contribution in [-0.2, 0) is 19.4 Å². The third-order valence-electron chi connectivity index (χ3n) is 5.86. The van der Waals surface area contributed by atoms with Crippen molar-refractivity contribution in [3.05, 3.63) is 87.9 Å². The zero-order valence-electron chi connectivity index (χ0n) is 19.7. The molecule has 0 aromatic heterocycles. The van der Waals surface area contributed by atoms with Crippen LogP contribution >= 0.6 is 11.6 Å². The number of unbranched alkanes of at least 4 members (excludes halogenated alkanes) is 1. The number of nitrogens with two attached hydrogens (primary N) is 1. The molecular weight excluding hydrogens is 432 g/mol. The molecular formula is C28H33ClN2O2. The molecule has 2 N–H and O–H groups in total. The molecule has 3 aromatic rings. The topological polar surface area (TPSA) is 55.6 Å². The molecule has 0 saturated heterocycles. The molecule has 0 aliphatic rings. The molecule has 0 unspecified atom stereocenters. The van der Waals surface area contributed by atoms with Gasteiger partial charge in [-0.05, 0) is 79.3 Å². The number of nitrogens with zero attached hydrogens (tertiary/aromatic N) is 1. The number of rotatable bonds is 11. The lowest BCUT2D eigenvalue weighted by Gasteiger charge is -2.27. The van der Waals surface area contributed by atoms with Gasteiger partial charge in [0.2, 0.25) is 5.91 Å². The summed E-state index contributed by atoms with van der Waals surface area (Å²) < 4.78 is 5.91. The van der Waals surface area contributed by atoms with Crippen molar-refractivity contribution in [2.45, 2.75) is 53.0 Å². The minimum atomic E-state index is -0.518. The summed E-state index contributed by atoms with van der Waals surface area (Å²) >= 11 is 6.24. The molecule has 0 aliphatic carbocycles. The second kappa shape index (κ2) is 11.8. The zero-order chi connectivity index (χ0) is 23.8. The zero-order valence-corrected chi connectivity index (χ0v) is 20.5. The summed E-state index contributed by atoms with van der Waals surface area (Å²) in [5, 5.41) is 0.350. The van der Waals surface area contributed by atoms with E-state index in [9.17, 15) is 4.79 Å². The van der Waals surface area contributed by atoms with E-state index in [1.807, 2.05) is 12.1 Å². The smallest absolute Gasteiger partial charge is 0.248 e. The maximum atomic E-state index is 11.3. The van der Waals surface area contributed by atoms with Gasteiger partial charge in [-0.25, -0.2) is 0 Å². The number of ether oxygens (including phenoxy) is 1. The minimum Gasteiger partial charge on any atom is -0.456 e. The van der Waals surface area contributed by atoms with E-state index in [4.69, 9.17) is 22.1 Å². The summed E-state index contributed by atoms with van der Waals surface area (Å²) in [6, 6.07) is 19.5. The van der Waals surface area contributed by atoms with Crippen molar-refractivity contribution in [1.29, 1.82) is 0 Å². The number of anilines is 1. The van der Waals surface area contributed by atoms with Crippen molar-refractivity contribution in [1.82, 2.24) is 0 Å². The number of amides is 1. The van der Waals surface area contributed by atoms with Crippen molar-refractivity contribution in [2.75, 3.05) is 11.4 Å². The Morgan fingerprint density at radius 3 is 2.39 bits per heavy atom. The lowest BCUT2D eigenvalue weighted by atomic mass is 9.97. The first-order valence-corrected chi connectivity index (χ1v) is 12.1. The normalized spacial score (nSPS) is 10.8. The van der Waals surface area contributed by atoms with Crippen molar-refractivity contribution >= 4 is 23.2 Å². The Morgan fingerprint density at radius 1 is 1.03 bits per heavy atom. The van der Waals surface area contributed by atoms with Gasteiger partial charge in [0.1, 0.15) is 11.5 Å². The van der Waals surface area contributed by atoms with Crippen LogP contribution in [0.2, 0.25) is 5.02 Å². The van der Waals surface area contributed by atoms with E-state index in [2.05, 4.69) is 56.0 Å². The molecule has 0 aliphatic heterocycles. The standard InChI is InChI=1S/C28H33ClN2O2/c1-4-7-9-21-10-8-11-26(24(21)5-2)31(6-3)19-20-12-15-23(16-13-20)33-27-17-14-22(28(30)32)18-25(27)29/h8,10-18H,4-7,9,19H2,1-3H3,(H2,30,32). The number of primary amides is 1. The fourth-order valence-corrected chi connectivity index (χ4v) is 4.26. The van der Waals surface area contributed by atoms with Gasteiger partial charge in [-0.1, -0.05) is 56.1 Å². The predicted molar refractivity (Wildman–Crippen MR) is 138 cm³/mol. The number of aryl methyl sites for hydroxylation is 1. The highest BCUT2D eigenvalue weighted by Crippen LogP contribution is 2.31. The van der Waals surface area contributed by atoms with E-state index in [1.165, 1.54) is 41.3 Å². The van der Waals surface area contributed by atoms with Gasteiger partial charge in [0.25, 0.3) is 0 Å². The summed E-state index contributed by atoms with van der Waals surface area (Å²) in [6.07, 6.45) is 4.60. The van der Waals surface area contributed by atoms with Crippen LogP contribution in [0.4, 0.5) is 5.69 Å². The van der Waals surface area contributed by atoms with Crippen LogP contribution in [0, 0.1) is 0 Å². The molecule has 4 nitrogen and oxygen atoms in total. The fraction of sp³-hybridized carbons (Fsp3) is 0.321. The Hall–Kier alpha value is -2.98. The molecule has 0 saturated carbocycles. The Bertz CT molecular complexity index is 1080. The van der Waals surface area contributed by atoms with E-state index in [0.29, 0.717) is 22.1 Å². The van der Waals surface area contributed by atoms with Crippen LogP contribution in [0.15, 0.2) is 60.7 Å². The van der Waals surface area contributed by atoms with Gasteiger partial charge in [0.05, 0.1) is 5.02 Å². The third-order valence-corrected chi connectivity index (χ3v) is 6.16. The molecule has 3 aromatic carbocycles. The number of carbonyl (C=O) groups excluding carboxylic acids is 1. The second-order valence-electron chi connectivity index (χ2n) is 8.14. The molecule has 3 rings (SSSR count). The van der Waals surface area contributed by atoms with E-state index >= 15 is 0 Å². The van der Waals surface area contributed by atoms with Gasteiger partial charge in [0, 0.05) is 24.3 Å². The van der Waals surface area contributed by atoms with Gasteiger partial charge < -0.3 is 15.4 Å². The summed E-state index contributed by atoms with van der Waals surface area (Å²) in [6.45, 7) is 8.45. The first-order valence-electron chi connectivity index (χ1n) is 11.7. The molecule has 0 heterocycles. The minimum absolute atomic E-state index is 0.350. The Balaban J connectivity index is 1.74. The molecule has 1 amide bonds. The van der Waals surface area contributed by atoms with Crippen molar-refractivity contribution < 1.29 is 9.53 Å². The largest absolute Gasteiger partial charge is 0.456 e. The highest BCUT2D eigenvalue weighted by atomic mass is 35.5. The van der Waals surface area contributed by atoms with Gasteiger partial charge in [0.15, 0.2) is 0 Å². The average molecular weight is 465 g/mol. The van der Waals surface area contributed by atoms with E-state index < -0.39 is 5.91 Å². The highest BCUT2D eigenvalue weighted by Gasteiger charge is 2.13. The monoisotopic (exact) mass is 464 g/mol. The van der Waals surface area contributed by atoms with E-state index in [0.717, 1.165) is 25.9 Å². The quantitative estimate of drug-likeness (QED) is 0.327. The summed E-state index contributed by atoms with van der Waals surface area (Å²) in [7, 11) is 0. The molecule has 0 atom stereocenters. The second-order valence-corrected chi connectivity index (χ2v) is 8.55. The molecule has 33 heavy (non-hydrogen) atoms. The number of hydrogen-bond acceptors (Lipinski definition) is 3.